The number of rotatable bonds is 9. The van der Waals surface area contributed by atoms with Crippen molar-refractivity contribution in [1.29, 1.82) is 0 Å². The molecule has 0 atom stereocenters. The molecule has 1 N–H and O–H groups in total. The molecule has 0 bridgehead atoms. The van der Waals surface area contributed by atoms with E-state index in [9.17, 15) is 13.2 Å². The Labute approximate surface area is 163 Å². The van der Waals surface area contributed by atoms with Crippen LogP contribution in [0, 0.1) is 11.8 Å². The number of nitrogens with zero attached hydrogens (tertiary/aromatic N) is 1. The summed E-state index contributed by atoms with van der Waals surface area (Å²) in [6, 6.07) is 8.57. The van der Waals surface area contributed by atoms with Crippen LogP contribution in [0.25, 0.3) is 0 Å². The van der Waals surface area contributed by atoms with E-state index in [0.717, 1.165) is 38.1 Å². The van der Waals surface area contributed by atoms with Gasteiger partial charge in [-0.25, -0.2) is 12.7 Å². The molecule has 1 heterocycles. The van der Waals surface area contributed by atoms with Crippen LogP contribution in [0.3, 0.4) is 0 Å². The van der Waals surface area contributed by atoms with Gasteiger partial charge in [-0.15, -0.1) is 0 Å². The molecular formula is C21H32N2O3S. The molecule has 1 amide bonds. The van der Waals surface area contributed by atoms with Gasteiger partial charge in [-0.3, -0.25) is 4.79 Å². The van der Waals surface area contributed by atoms with Crippen molar-refractivity contribution in [3.8, 4) is 0 Å². The van der Waals surface area contributed by atoms with Gasteiger partial charge < -0.3 is 5.32 Å². The number of hydrogen-bond donors (Lipinski definition) is 1. The first-order valence-electron chi connectivity index (χ1n) is 10.3. The van der Waals surface area contributed by atoms with Gasteiger partial charge in [-0.1, -0.05) is 24.3 Å². The van der Waals surface area contributed by atoms with Crippen molar-refractivity contribution >= 4 is 15.9 Å². The van der Waals surface area contributed by atoms with Crippen molar-refractivity contribution in [2.75, 3.05) is 25.4 Å². The lowest BCUT2D eigenvalue weighted by Crippen LogP contribution is -2.39. The fourth-order valence-electron chi connectivity index (χ4n) is 3.68. The Morgan fingerprint density at radius 1 is 1.04 bits per heavy atom. The van der Waals surface area contributed by atoms with Crippen molar-refractivity contribution in [1.82, 2.24) is 9.62 Å². The first-order valence-corrected chi connectivity index (χ1v) is 11.9. The number of hydrogen-bond acceptors (Lipinski definition) is 3. The van der Waals surface area contributed by atoms with Crippen LogP contribution in [0.5, 0.6) is 0 Å². The normalized spacial score (nSPS) is 19.1. The van der Waals surface area contributed by atoms with E-state index in [0.29, 0.717) is 25.4 Å². The van der Waals surface area contributed by atoms with Gasteiger partial charge in [0.25, 0.3) is 0 Å². The molecule has 5 nitrogen and oxygen atoms in total. The molecular weight excluding hydrogens is 360 g/mol. The number of benzene rings is 1. The third-order valence-electron chi connectivity index (χ3n) is 5.80. The molecule has 6 heteroatoms. The minimum Gasteiger partial charge on any atom is -0.356 e. The van der Waals surface area contributed by atoms with Crippen LogP contribution >= 0.6 is 0 Å². The third-order valence-corrected chi connectivity index (χ3v) is 7.69. The quantitative estimate of drug-likeness (QED) is 0.703. The van der Waals surface area contributed by atoms with Gasteiger partial charge in [0.1, 0.15) is 0 Å². The Hall–Kier alpha value is -1.40. The molecule has 1 saturated carbocycles. The van der Waals surface area contributed by atoms with Gasteiger partial charge in [0, 0.05) is 26.1 Å². The van der Waals surface area contributed by atoms with Gasteiger partial charge in [0.05, 0.1) is 5.75 Å². The number of amides is 1. The summed E-state index contributed by atoms with van der Waals surface area (Å²) in [4.78, 5) is 11.8. The van der Waals surface area contributed by atoms with Crippen molar-refractivity contribution in [2.24, 2.45) is 11.8 Å². The summed E-state index contributed by atoms with van der Waals surface area (Å²) in [5, 5.41) is 3.01. The van der Waals surface area contributed by atoms with E-state index in [1.54, 1.807) is 11.2 Å². The van der Waals surface area contributed by atoms with Crippen LogP contribution in [-0.2, 0) is 27.7 Å². The maximum absolute atomic E-state index is 11.9. The second kappa shape index (κ2) is 9.20. The summed E-state index contributed by atoms with van der Waals surface area (Å²) in [7, 11) is -3.04. The second-order valence-corrected chi connectivity index (χ2v) is 10.3. The van der Waals surface area contributed by atoms with E-state index in [2.05, 4.69) is 29.6 Å². The number of carbonyl (C=O) groups excluding carboxylic acids is 1. The molecule has 2 aliphatic rings. The predicted molar refractivity (Wildman–Crippen MR) is 108 cm³/mol. The van der Waals surface area contributed by atoms with Crippen LogP contribution in [0.15, 0.2) is 24.3 Å². The van der Waals surface area contributed by atoms with Crippen LogP contribution < -0.4 is 5.32 Å². The van der Waals surface area contributed by atoms with Crippen LogP contribution in [-0.4, -0.2) is 44.0 Å². The molecule has 0 aromatic heterocycles. The van der Waals surface area contributed by atoms with Crippen LogP contribution in [0.4, 0.5) is 0 Å². The van der Waals surface area contributed by atoms with E-state index in [1.165, 1.54) is 24.0 Å². The van der Waals surface area contributed by atoms with Crippen molar-refractivity contribution in [2.45, 2.75) is 51.9 Å². The Kier molecular flexibility index (Phi) is 6.93. The molecule has 0 spiro atoms. The summed E-state index contributed by atoms with van der Waals surface area (Å²) < 4.78 is 25.5. The molecule has 27 heavy (non-hydrogen) atoms. The molecule has 1 aliphatic carbocycles. The van der Waals surface area contributed by atoms with E-state index in [-0.39, 0.29) is 11.7 Å². The summed E-state index contributed by atoms with van der Waals surface area (Å²) in [5.74, 6) is 1.62. The molecule has 1 aromatic rings. The maximum atomic E-state index is 11.9. The number of carbonyl (C=O) groups is 1. The SMILES string of the molecule is CCS(=O)(=O)N1CCC(Cc2ccc(CCC(=O)NCC3CC3)cc2)CC1. The first kappa shape index (κ1) is 20.3. The average molecular weight is 393 g/mol. The van der Waals surface area contributed by atoms with Gasteiger partial charge in [0.15, 0.2) is 0 Å². The number of sulfonamides is 1. The minimum atomic E-state index is -3.04. The molecule has 1 aliphatic heterocycles. The average Bonchev–Trinajstić information content (AvgIpc) is 3.51. The zero-order chi connectivity index (χ0) is 19.3. The number of aryl methyl sites for hydroxylation is 1. The third kappa shape index (κ3) is 6.32. The van der Waals surface area contributed by atoms with E-state index in [1.807, 2.05) is 0 Å². The van der Waals surface area contributed by atoms with Crippen LogP contribution in [0.1, 0.15) is 50.2 Å². The van der Waals surface area contributed by atoms with Gasteiger partial charge >= 0.3 is 0 Å². The zero-order valence-electron chi connectivity index (χ0n) is 16.3. The van der Waals surface area contributed by atoms with E-state index < -0.39 is 10.0 Å². The largest absolute Gasteiger partial charge is 0.356 e. The fraction of sp³-hybridized carbons (Fsp3) is 0.667. The fourth-order valence-corrected chi connectivity index (χ4v) is 4.81. The topological polar surface area (TPSA) is 66.5 Å². The highest BCUT2D eigenvalue weighted by Crippen LogP contribution is 2.27. The summed E-state index contributed by atoms with van der Waals surface area (Å²) >= 11 is 0. The number of piperidine rings is 1. The summed E-state index contributed by atoms with van der Waals surface area (Å²) in [6.45, 7) is 3.85. The molecule has 150 valence electrons. The van der Waals surface area contributed by atoms with Gasteiger partial charge in [-0.2, -0.15) is 0 Å². The number of nitrogens with one attached hydrogen (secondary N) is 1. The minimum absolute atomic E-state index is 0.153. The van der Waals surface area contributed by atoms with Crippen LogP contribution in [0.2, 0.25) is 0 Å². The first-order chi connectivity index (χ1) is 13.0. The predicted octanol–water partition coefficient (Wildman–Crippen LogP) is 2.75. The van der Waals surface area contributed by atoms with Gasteiger partial charge in [0.2, 0.25) is 15.9 Å². The monoisotopic (exact) mass is 392 g/mol. The molecule has 1 saturated heterocycles. The Bertz CT molecular complexity index is 718. The molecule has 0 radical (unpaired) electrons. The lowest BCUT2D eigenvalue weighted by molar-refractivity contribution is -0.121. The highest BCUT2D eigenvalue weighted by molar-refractivity contribution is 7.89. The lowest BCUT2D eigenvalue weighted by Gasteiger charge is -2.31. The molecule has 2 fully saturated rings. The van der Waals surface area contributed by atoms with Crippen molar-refractivity contribution < 1.29 is 13.2 Å². The van der Waals surface area contributed by atoms with Crippen molar-refractivity contribution in [3.05, 3.63) is 35.4 Å². The summed E-state index contributed by atoms with van der Waals surface area (Å²) in [5.41, 5.74) is 2.50. The highest BCUT2D eigenvalue weighted by atomic mass is 32.2. The Morgan fingerprint density at radius 3 is 2.26 bits per heavy atom. The molecule has 1 aromatic carbocycles. The molecule has 0 unspecified atom stereocenters. The highest BCUT2D eigenvalue weighted by Gasteiger charge is 2.26. The lowest BCUT2D eigenvalue weighted by atomic mass is 9.90. The second-order valence-electron chi connectivity index (χ2n) is 8.01. The summed E-state index contributed by atoms with van der Waals surface area (Å²) in [6.07, 6.45) is 6.72. The molecule has 3 rings (SSSR count). The Morgan fingerprint density at radius 2 is 1.67 bits per heavy atom. The van der Waals surface area contributed by atoms with Crippen molar-refractivity contribution in [3.63, 3.8) is 0 Å². The standard InChI is InChI=1S/C21H32N2O3S/c1-2-27(25,26)23-13-11-19(12-14-23)15-18-5-3-17(4-6-18)9-10-21(24)22-16-20-7-8-20/h3-6,19-20H,2,7-16H2,1H3,(H,22,24). The Balaban J connectivity index is 1.39. The van der Waals surface area contributed by atoms with E-state index in [4.69, 9.17) is 0 Å². The smallest absolute Gasteiger partial charge is 0.220 e. The van der Waals surface area contributed by atoms with E-state index >= 15 is 0 Å². The zero-order valence-corrected chi connectivity index (χ0v) is 17.1. The maximum Gasteiger partial charge on any atom is 0.220 e. The van der Waals surface area contributed by atoms with Gasteiger partial charge in [-0.05, 0) is 68.4 Å².